The second-order valence-electron chi connectivity index (χ2n) is 6.22. The van der Waals surface area contributed by atoms with Gasteiger partial charge in [-0.15, -0.1) is 0 Å². The van der Waals surface area contributed by atoms with Gasteiger partial charge in [-0.2, -0.15) is 0 Å². The first-order valence-corrected chi connectivity index (χ1v) is 9.02. The van der Waals surface area contributed by atoms with E-state index >= 15 is 0 Å². The van der Waals surface area contributed by atoms with Gasteiger partial charge in [0.05, 0.1) is 6.61 Å². The number of nitrogens with one attached hydrogen (secondary N) is 2. The Hall–Kier alpha value is -2.86. The Kier molecular flexibility index (Phi) is 7.82. The molecule has 0 spiro atoms. The molecule has 0 bridgehead atoms. The molecule has 2 aromatic rings. The fraction of sp³-hybridized carbons (Fsp3) is 0.333. The molecule has 2 aromatic carbocycles. The van der Waals surface area contributed by atoms with Crippen molar-refractivity contribution in [3.05, 3.63) is 65.2 Å². The lowest BCUT2D eigenvalue weighted by Crippen LogP contribution is -2.37. The van der Waals surface area contributed by atoms with Crippen LogP contribution in [0, 0.1) is 6.92 Å². The molecular weight excluding hydrogens is 342 g/mol. The highest BCUT2D eigenvalue weighted by atomic mass is 16.5. The van der Waals surface area contributed by atoms with Crippen molar-refractivity contribution in [2.24, 2.45) is 0 Å². The average Bonchev–Trinajstić information content (AvgIpc) is 2.67. The van der Waals surface area contributed by atoms with E-state index in [9.17, 15) is 9.59 Å². The van der Waals surface area contributed by atoms with Gasteiger partial charge >= 0.3 is 6.03 Å². The minimum Gasteiger partial charge on any atom is -0.383 e. The predicted molar refractivity (Wildman–Crippen MR) is 107 cm³/mol. The van der Waals surface area contributed by atoms with Crippen LogP contribution in [0.5, 0.6) is 0 Å². The van der Waals surface area contributed by atoms with E-state index in [1.165, 1.54) is 0 Å². The molecule has 0 fully saturated rings. The van der Waals surface area contributed by atoms with Crippen molar-refractivity contribution in [2.75, 3.05) is 32.1 Å². The van der Waals surface area contributed by atoms with Gasteiger partial charge in [-0.05, 0) is 37.1 Å². The Morgan fingerprint density at radius 2 is 1.85 bits per heavy atom. The zero-order valence-electron chi connectivity index (χ0n) is 16.1. The number of amides is 3. The number of aryl methyl sites for hydroxylation is 1. The number of carbonyl (C=O) groups is 2. The maximum Gasteiger partial charge on any atom is 0.322 e. The molecule has 144 valence electrons. The lowest BCUT2D eigenvalue weighted by Gasteiger charge is -2.23. The molecule has 0 aliphatic heterocycles. The Bertz CT molecular complexity index is 763. The number of ether oxygens (including phenoxy) is 1. The molecule has 0 saturated heterocycles. The molecule has 6 heteroatoms. The Morgan fingerprint density at radius 1 is 1.11 bits per heavy atom. The van der Waals surface area contributed by atoms with Gasteiger partial charge in [0.1, 0.15) is 0 Å². The standard InChI is InChI=1S/C21H27N3O3/c1-4-22-20(25)18-11-10-16(2)19(14-18)23-21(26)24(12-13-27-3)15-17-8-6-5-7-9-17/h5-11,14H,4,12-13,15H2,1-3H3,(H,22,25)(H,23,26). The van der Waals surface area contributed by atoms with Gasteiger partial charge in [-0.3, -0.25) is 4.79 Å². The molecule has 0 aliphatic carbocycles. The summed E-state index contributed by atoms with van der Waals surface area (Å²) in [5, 5.41) is 5.69. The summed E-state index contributed by atoms with van der Waals surface area (Å²) in [4.78, 5) is 26.6. The summed E-state index contributed by atoms with van der Waals surface area (Å²) >= 11 is 0. The molecule has 0 radical (unpaired) electrons. The minimum absolute atomic E-state index is 0.159. The second-order valence-corrected chi connectivity index (χ2v) is 6.22. The van der Waals surface area contributed by atoms with Crippen LogP contribution in [0.4, 0.5) is 10.5 Å². The smallest absolute Gasteiger partial charge is 0.322 e. The Labute approximate surface area is 160 Å². The Balaban J connectivity index is 2.15. The highest BCUT2D eigenvalue weighted by Crippen LogP contribution is 2.18. The summed E-state index contributed by atoms with van der Waals surface area (Å²) in [5.41, 5.74) is 3.07. The maximum atomic E-state index is 12.8. The monoisotopic (exact) mass is 369 g/mol. The van der Waals surface area contributed by atoms with Gasteiger partial charge in [0.25, 0.3) is 5.91 Å². The van der Waals surface area contributed by atoms with Crippen LogP contribution in [0.1, 0.15) is 28.4 Å². The first-order chi connectivity index (χ1) is 13.0. The van der Waals surface area contributed by atoms with Crippen molar-refractivity contribution >= 4 is 17.6 Å². The van der Waals surface area contributed by atoms with Crippen molar-refractivity contribution in [2.45, 2.75) is 20.4 Å². The van der Waals surface area contributed by atoms with Gasteiger partial charge in [0.15, 0.2) is 0 Å². The van der Waals surface area contributed by atoms with Crippen LogP contribution in [0.3, 0.4) is 0 Å². The van der Waals surface area contributed by atoms with E-state index in [0.717, 1.165) is 11.1 Å². The quantitative estimate of drug-likeness (QED) is 0.749. The summed E-state index contributed by atoms with van der Waals surface area (Å²) in [7, 11) is 1.61. The fourth-order valence-electron chi connectivity index (χ4n) is 2.61. The van der Waals surface area contributed by atoms with Crippen molar-refractivity contribution < 1.29 is 14.3 Å². The van der Waals surface area contributed by atoms with E-state index in [1.807, 2.05) is 50.2 Å². The lowest BCUT2D eigenvalue weighted by molar-refractivity contribution is 0.0956. The topological polar surface area (TPSA) is 70.7 Å². The van der Waals surface area contributed by atoms with Gasteiger partial charge in [0, 0.05) is 38.0 Å². The lowest BCUT2D eigenvalue weighted by atomic mass is 10.1. The van der Waals surface area contributed by atoms with Crippen molar-refractivity contribution in [3.8, 4) is 0 Å². The van der Waals surface area contributed by atoms with Crippen molar-refractivity contribution in [1.82, 2.24) is 10.2 Å². The fourth-order valence-corrected chi connectivity index (χ4v) is 2.61. The van der Waals surface area contributed by atoms with E-state index in [4.69, 9.17) is 4.74 Å². The third-order valence-corrected chi connectivity index (χ3v) is 4.15. The molecule has 3 amide bonds. The van der Waals surface area contributed by atoms with Crippen molar-refractivity contribution in [1.29, 1.82) is 0 Å². The second kappa shape index (κ2) is 10.3. The summed E-state index contributed by atoms with van der Waals surface area (Å²) in [6.07, 6.45) is 0. The maximum absolute atomic E-state index is 12.8. The molecule has 2 N–H and O–H groups in total. The highest BCUT2D eigenvalue weighted by molar-refractivity contribution is 5.97. The number of carbonyl (C=O) groups excluding carboxylic acids is 2. The molecule has 0 saturated carbocycles. The molecule has 27 heavy (non-hydrogen) atoms. The van der Waals surface area contributed by atoms with E-state index in [-0.39, 0.29) is 11.9 Å². The Morgan fingerprint density at radius 3 is 2.52 bits per heavy atom. The number of anilines is 1. The summed E-state index contributed by atoms with van der Waals surface area (Å²) in [6, 6.07) is 14.9. The highest BCUT2D eigenvalue weighted by Gasteiger charge is 2.16. The summed E-state index contributed by atoms with van der Waals surface area (Å²) in [6.45, 7) is 5.70. The third kappa shape index (κ3) is 6.11. The first kappa shape index (κ1) is 20.5. The van der Waals surface area contributed by atoms with Gasteiger partial charge in [-0.25, -0.2) is 4.79 Å². The zero-order valence-corrected chi connectivity index (χ0v) is 16.1. The normalized spacial score (nSPS) is 10.3. The van der Waals surface area contributed by atoms with Crippen LogP contribution >= 0.6 is 0 Å². The first-order valence-electron chi connectivity index (χ1n) is 9.02. The van der Waals surface area contributed by atoms with Gasteiger partial charge in [0.2, 0.25) is 0 Å². The number of methoxy groups -OCH3 is 1. The van der Waals surface area contributed by atoms with Crippen LogP contribution in [0.2, 0.25) is 0 Å². The van der Waals surface area contributed by atoms with E-state index in [1.54, 1.807) is 24.1 Å². The molecule has 6 nitrogen and oxygen atoms in total. The largest absolute Gasteiger partial charge is 0.383 e. The van der Waals surface area contributed by atoms with Gasteiger partial charge < -0.3 is 20.3 Å². The van der Waals surface area contributed by atoms with E-state index in [2.05, 4.69) is 10.6 Å². The average molecular weight is 369 g/mol. The SMILES string of the molecule is CCNC(=O)c1ccc(C)c(NC(=O)N(CCOC)Cc2ccccc2)c1. The van der Waals surface area contributed by atoms with Crippen LogP contribution in [-0.4, -0.2) is 43.6 Å². The van der Waals surface area contributed by atoms with Crippen LogP contribution in [0.25, 0.3) is 0 Å². The number of urea groups is 1. The van der Waals surface area contributed by atoms with Crippen LogP contribution in [-0.2, 0) is 11.3 Å². The number of hydrogen-bond acceptors (Lipinski definition) is 3. The van der Waals surface area contributed by atoms with E-state index < -0.39 is 0 Å². The molecule has 0 unspecified atom stereocenters. The predicted octanol–water partition coefficient (Wildman–Crippen LogP) is 3.43. The molecule has 0 heterocycles. The summed E-state index contributed by atoms with van der Waals surface area (Å²) in [5.74, 6) is -0.159. The molecular formula is C21H27N3O3. The number of benzene rings is 2. The molecule has 0 atom stereocenters. The zero-order chi connectivity index (χ0) is 19.6. The molecule has 0 aliphatic rings. The molecule has 2 rings (SSSR count). The van der Waals surface area contributed by atoms with Gasteiger partial charge in [-0.1, -0.05) is 36.4 Å². The number of rotatable bonds is 8. The minimum atomic E-state index is -0.230. The van der Waals surface area contributed by atoms with Crippen LogP contribution < -0.4 is 10.6 Å². The van der Waals surface area contributed by atoms with Crippen molar-refractivity contribution in [3.63, 3.8) is 0 Å². The van der Waals surface area contributed by atoms with E-state index in [0.29, 0.717) is 37.5 Å². The third-order valence-electron chi connectivity index (χ3n) is 4.15. The number of hydrogen-bond donors (Lipinski definition) is 2. The van der Waals surface area contributed by atoms with Crippen LogP contribution in [0.15, 0.2) is 48.5 Å². The molecule has 0 aromatic heterocycles. The summed E-state index contributed by atoms with van der Waals surface area (Å²) < 4.78 is 5.14. The number of nitrogens with zero attached hydrogens (tertiary/aromatic N) is 1.